The first-order chi connectivity index (χ1) is 12.1. The van der Waals surface area contributed by atoms with E-state index in [9.17, 15) is 9.59 Å². The van der Waals surface area contributed by atoms with Crippen LogP contribution < -0.4 is 0 Å². The smallest absolute Gasteiger partial charge is 0.348 e. The number of halogens is 1. The zero-order valence-electron chi connectivity index (χ0n) is 13.2. The number of allylic oxidation sites excluding steroid dienone is 1. The van der Waals surface area contributed by atoms with Gasteiger partial charge in [-0.05, 0) is 60.0 Å². The lowest BCUT2D eigenvalue weighted by Crippen LogP contribution is -1.99. The molecule has 1 aromatic carbocycles. The van der Waals surface area contributed by atoms with Gasteiger partial charge < -0.3 is 9.15 Å². The maximum atomic E-state index is 12.1. The zero-order valence-corrected chi connectivity index (χ0v) is 14.8. The van der Waals surface area contributed by atoms with Crippen molar-refractivity contribution in [3.05, 3.63) is 75.1 Å². The molecule has 0 bridgehead atoms. The summed E-state index contributed by atoms with van der Waals surface area (Å²) in [6.45, 7) is 0. The Balaban J connectivity index is 1.78. The van der Waals surface area contributed by atoms with E-state index >= 15 is 0 Å². The summed E-state index contributed by atoms with van der Waals surface area (Å²) in [5.74, 6) is 0.497. The number of carbonyl (C=O) groups excluding carboxylic acids is 2. The number of benzene rings is 1. The van der Waals surface area contributed by atoms with Gasteiger partial charge >= 0.3 is 5.97 Å². The van der Waals surface area contributed by atoms with E-state index in [2.05, 4.69) is 0 Å². The molecule has 0 atom stereocenters. The number of carbonyl (C=O) groups is 2. The van der Waals surface area contributed by atoms with Crippen LogP contribution in [0.4, 0.5) is 0 Å². The summed E-state index contributed by atoms with van der Waals surface area (Å²) in [5, 5.41) is 2.37. The zero-order chi connectivity index (χ0) is 17.8. The highest BCUT2D eigenvalue weighted by atomic mass is 35.5. The molecule has 6 heteroatoms. The van der Waals surface area contributed by atoms with Gasteiger partial charge in [-0.3, -0.25) is 4.79 Å². The van der Waals surface area contributed by atoms with E-state index in [0.29, 0.717) is 32.5 Å². The molecule has 0 unspecified atom stereocenters. The van der Waals surface area contributed by atoms with E-state index < -0.39 is 5.97 Å². The molecule has 4 nitrogen and oxygen atoms in total. The number of methoxy groups -OCH3 is 1. The van der Waals surface area contributed by atoms with Gasteiger partial charge in [0.15, 0.2) is 5.78 Å². The predicted octanol–water partition coefficient (Wildman–Crippen LogP) is 5.34. The van der Waals surface area contributed by atoms with Crippen LogP contribution in [0, 0.1) is 0 Å². The lowest BCUT2D eigenvalue weighted by molar-refractivity contribution is 0.0606. The number of rotatable bonds is 5. The molecule has 2 aromatic heterocycles. The molecule has 0 aliphatic carbocycles. The van der Waals surface area contributed by atoms with Crippen molar-refractivity contribution in [1.82, 2.24) is 0 Å². The van der Waals surface area contributed by atoms with Gasteiger partial charge in [0.25, 0.3) is 0 Å². The molecule has 0 radical (unpaired) electrons. The Morgan fingerprint density at radius 3 is 2.60 bits per heavy atom. The summed E-state index contributed by atoms with van der Waals surface area (Å²) < 4.78 is 10.5. The first-order valence-corrected chi connectivity index (χ1v) is 8.58. The Hall–Kier alpha value is -2.63. The van der Waals surface area contributed by atoms with Crippen LogP contribution in [0.1, 0.15) is 25.8 Å². The minimum atomic E-state index is -0.406. The summed E-state index contributed by atoms with van der Waals surface area (Å²) in [7, 11) is 1.34. The van der Waals surface area contributed by atoms with Gasteiger partial charge in [0.05, 0.1) is 7.11 Å². The summed E-state index contributed by atoms with van der Waals surface area (Å²) in [6.07, 6.45) is 3.02. The van der Waals surface area contributed by atoms with Crippen LogP contribution in [-0.4, -0.2) is 18.9 Å². The van der Waals surface area contributed by atoms with Crippen molar-refractivity contribution in [3.63, 3.8) is 0 Å². The normalized spacial score (nSPS) is 11.0. The highest BCUT2D eigenvalue weighted by molar-refractivity contribution is 7.12. The van der Waals surface area contributed by atoms with Crippen LogP contribution in [0.3, 0.4) is 0 Å². The molecule has 25 heavy (non-hydrogen) atoms. The number of esters is 1. The van der Waals surface area contributed by atoms with Crippen molar-refractivity contribution in [3.8, 4) is 11.3 Å². The molecule has 0 spiro atoms. The number of hydrogen-bond donors (Lipinski definition) is 0. The van der Waals surface area contributed by atoms with Crippen LogP contribution in [-0.2, 0) is 4.74 Å². The van der Waals surface area contributed by atoms with E-state index in [0.717, 1.165) is 0 Å². The van der Waals surface area contributed by atoms with Gasteiger partial charge in [-0.2, -0.15) is 0 Å². The number of ketones is 1. The molecule has 0 saturated carbocycles. The number of furan rings is 1. The summed E-state index contributed by atoms with van der Waals surface area (Å²) in [6, 6.07) is 11.9. The Morgan fingerprint density at radius 2 is 1.88 bits per heavy atom. The molecular formula is C19H13ClO4S. The quantitative estimate of drug-likeness (QED) is 0.344. The second-order valence-corrected chi connectivity index (χ2v) is 6.41. The van der Waals surface area contributed by atoms with Crippen LogP contribution >= 0.6 is 22.9 Å². The third-order valence-electron chi connectivity index (χ3n) is 3.46. The van der Waals surface area contributed by atoms with E-state index in [1.165, 1.54) is 24.5 Å². The van der Waals surface area contributed by atoms with Crippen LogP contribution in [0.2, 0.25) is 5.02 Å². The van der Waals surface area contributed by atoms with Crippen molar-refractivity contribution >= 4 is 40.8 Å². The Bertz CT molecular complexity index is 935. The fraction of sp³-hybridized carbons (Fsp3) is 0.0526. The van der Waals surface area contributed by atoms with Crippen molar-refractivity contribution in [1.29, 1.82) is 0 Å². The van der Waals surface area contributed by atoms with Crippen LogP contribution in [0.15, 0.2) is 58.3 Å². The molecule has 0 N–H and O–H groups in total. The van der Waals surface area contributed by atoms with Gasteiger partial charge in [0.2, 0.25) is 0 Å². The number of thiophene rings is 1. The summed E-state index contributed by atoms with van der Waals surface area (Å²) >= 11 is 7.10. The van der Waals surface area contributed by atoms with Gasteiger partial charge in [-0.25, -0.2) is 4.79 Å². The standard InChI is InChI=1S/C19H13ClO4S/c1-23-19(22)18-15(10-11-25-18)17-9-7-14(24-17)6-8-16(21)12-2-4-13(20)5-3-12/h2-11H,1H3. The topological polar surface area (TPSA) is 56.5 Å². The first kappa shape index (κ1) is 17.2. The molecule has 2 heterocycles. The minimum Gasteiger partial charge on any atom is -0.465 e. The molecular weight excluding hydrogens is 360 g/mol. The largest absolute Gasteiger partial charge is 0.465 e. The number of ether oxygens (including phenoxy) is 1. The fourth-order valence-electron chi connectivity index (χ4n) is 2.21. The second-order valence-electron chi connectivity index (χ2n) is 5.06. The minimum absolute atomic E-state index is 0.152. The van der Waals surface area contributed by atoms with Crippen molar-refractivity contribution in [2.75, 3.05) is 7.11 Å². The monoisotopic (exact) mass is 372 g/mol. The SMILES string of the molecule is COC(=O)c1sccc1-c1ccc(C=CC(=O)c2ccc(Cl)cc2)o1. The average Bonchev–Trinajstić information content (AvgIpc) is 3.28. The predicted molar refractivity (Wildman–Crippen MR) is 98.2 cm³/mol. The van der Waals surface area contributed by atoms with Crippen molar-refractivity contribution in [2.24, 2.45) is 0 Å². The maximum Gasteiger partial charge on any atom is 0.348 e. The van der Waals surface area contributed by atoms with Gasteiger partial charge in [0.1, 0.15) is 16.4 Å². The molecule has 0 aliphatic heterocycles. The Kier molecular flexibility index (Phi) is 5.16. The fourth-order valence-corrected chi connectivity index (χ4v) is 3.15. The summed E-state index contributed by atoms with van der Waals surface area (Å²) in [5.41, 5.74) is 1.21. The van der Waals surface area contributed by atoms with Crippen LogP contribution in [0.25, 0.3) is 17.4 Å². The number of hydrogen-bond acceptors (Lipinski definition) is 5. The van der Waals surface area contributed by atoms with E-state index in [1.807, 2.05) is 0 Å². The van der Waals surface area contributed by atoms with Gasteiger partial charge in [-0.15, -0.1) is 11.3 Å². The Morgan fingerprint density at radius 1 is 1.12 bits per heavy atom. The molecule has 3 aromatic rings. The van der Waals surface area contributed by atoms with Crippen LogP contribution in [0.5, 0.6) is 0 Å². The van der Waals surface area contributed by atoms with E-state index in [-0.39, 0.29) is 5.78 Å². The van der Waals surface area contributed by atoms with E-state index in [4.69, 9.17) is 20.8 Å². The van der Waals surface area contributed by atoms with E-state index in [1.54, 1.807) is 53.9 Å². The second kappa shape index (κ2) is 7.51. The maximum absolute atomic E-state index is 12.1. The average molecular weight is 373 g/mol. The molecule has 3 rings (SSSR count). The Labute approximate surface area is 153 Å². The molecule has 0 aliphatic rings. The molecule has 0 fully saturated rings. The van der Waals surface area contributed by atoms with Gasteiger partial charge in [0, 0.05) is 16.1 Å². The van der Waals surface area contributed by atoms with Gasteiger partial charge in [-0.1, -0.05) is 11.6 Å². The van der Waals surface area contributed by atoms with Crippen molar-refractivity contribution in [2.45, 2.75) is 0 Å². The van der Waals surface area contributed by atoms with Crippen molar-refractivity contribution < 1.29 is 18.7 Å². The molecule has 0 saturated heterocycles. The third kappa shape index (κ3) is 3.90. The highest BCUT2D eigenvalue weighted by Gasteiger charge is 2.17. The lowest BCUT2D eigenvalue weighted by Gasteiger charge is -1.98. The molecule has 0 amide bonds. The first-order valence-electron chi connectivity index (χ1n) is 7.32. The summed E-state index contributed by atoms with van der Waals surface area (Å²) in [4.78, 5) is 24.3. The molecule has 126 valence electrons. The highest BCUT2D eigenvalue weighted by Crippen LogP contribution is 2.30. The third-order valence-corrected chi connectivity index (χ3v) is 4.60. The lowest BCUT2D eigenvalue weighted by atomic mass is 10.1.